The Morgan fingerprint density at radius 1 is 0.492 bits per heavy atom. The number of carbonyl (C=O) groups excluding carboxylic acids is 2. The highest BCUT2D eigenvalue weighted by atomic mass is 16.6. The van der Waals surface area contributed by atoms with Crippen molar-refractivity contribution in [3.63, 3.8) is 0 Å². The van der Waals surface area contributed by atoms with E-state index in [9.17, 15) is 19.5 Å². The van der Waals surface area contributed by atoms with E-state index in [4.69, 9.17) is 14.2 Å². The Hall–Kier alpha value is -2.71. The maximum atomic E-state index is 12.8. The van der Waals surface area contributed by atoms with Crippen LogP contribution in [0.3, 0.4) is 0 Å². The van der Waals surface area contributed by atoms with E-state index in [0.717, 1.165) is 70.6 Å². The number of carboxylic acid groups (broad SMARTS) is 1. The molecule has 0 rings (SSSR count). The molecule has 8 heteroatoms. The van der Waals surface area contributed by atoms with E-state index in [2.05, 4.69) is 62.5 Å². The second-order valence-corrected chi connectivity index (χ2v) is 18.1. The van der Waals surface area contributed by atoms with Crippen LogP contribution in [-0.4, -0.2) is 80.6 Å². The monoisotopic (exact) mass is 859 g/mol. The summed E-state index contributed by atoms with van der Waals surface area (Å²) in [6.07, 6.45) is 52.9. The van der Waals surface area contributed by atoms with Gasteiger partial charge in [-0.3, -0.25) is 9.59 Å². The lowest BCUT2D eigenvalue weighted by molar-refractivity contribution is -0.887. The van der Waals surface area contributed by atoms with Crippen molar-refractivity contribution in [2.24, 2.45) is 0 Å². The Balaban J connectivity index is 4.28. The number of rotatable bonds is 45. The quantitative estimate of drug-likeness (QED) is 0.0282. The third kappa shape index (κ3) is 42.4. The van der Waals surface area contributed by atoms with Gasteiger partial charge in [-0.15, -0.1) is 0 Å². The van der Waals surface area contributed by atoms with Gasteiger partial charge in [-0.05, 0) is 77.0 Å². The highest BCUT2D eigenvalue weighted by Crippen LogP contribution is 2.15. The lowest BCUT2D eigenvalue weighted by Crippen LogP contribution is -2.50. The second-order valence-electron chi connectivity index (χ2n) is 18.1. The van der Waals surface area contributed by atoms with E-state index in [1.54, 1.807) is 0 Å². The maximum absolute atomic E-state index is 12.8. The summed E-state index contributed by atoms with van der Waals surface area (Å²) < 4.78 is 17.3. The second kappa shape index (κ2) is 43.9. The number of hydrogen-bond donors (Lipinski definition) is 1. The minimum atomic E-state index is -0.877. The van der Waals surface area contributed by atoms with Crippen molar-refractivity contribution in [3.8, 4) is 0 Å². The standard InChI is InChI=1S/C53H95NO7/c1-6-8-10-12-14-16-18-20-22-24-25-26-27-28-30-32-34-36-38-40-42-44-52(56)61-49(47-59-46-45-50(53(57)58)54(3,4)5)48-60-51(55)43-41-39-37-35-33-31-29-23-21-19-17-15-13-11-9-7-2/h17-20,23-25,29,49-50H,6-16,21-22,26-28,30-48H2,1-5H3/p+1/b19-17-,20-18-,25-24-,29-23-. The highest BCUT2D eigenvalue weighted by molar-refractivity contribution is 5.72. The number of ether oxygens (including phenoxy) is 3. The van der Waals surface area contributed by atoms with Gasteiger partial charge < -0.3 is 23.8 Å². The molecule has 0 aliphatic rings. The Labute approximate surface area is 376 Å². The molecule has 0 saturated heterocycles. The lowest BCUT2D eigenvalue weighted by Gasteiger charge is -2.31. The summed E-state index contributed by atoms with van der Waals surface area (Å²) in [7, 11) is 5.53. The van der Waals surface area contributed by atoms with Crippen molar-refractivity contribution in [2.45, 2.75) is 231 Å². The normalized spacial score (nSPS) is 13.3. The van der Waals surface area contributed by atoms with Gasteiger partial charge in [0.25, 0.3) is 0 Å². The molecule has 1 N–H and O–H groups in total. The van der Waals surface area contributed by atoms with Crippen LogP contribution in [0.5, 0.6) is 0 Å². The summed E-state index contributed by atoms with van der Waals surface area (Å²) in [6.45, 7) is 4.71. The average Bonchev–Trinajstić information content (AvgIpc) is 3.22. The minimum Gasteiger partial charge on any atom is -0.477 e. The Morgan fingerprint density at radius 2 is 0.869 bits per heavy atom. The van der Waals surface area contributed by atoms with Crippen LogP contribution in [0, 0.1) is 0 Å². The number of esters is 2. The summed E-state index contributed by atoms with van der Waals surface area (Å²) in [5.41, 5.74) is 0. The fourth-order valence-corrected chi connectivity index (χ4v) is 7.27. The predicted molar refractivity (Wildman–Crippen MR) is 257 cm³/mol. The number of carbonyl (C=O) groups is 3. The van der Waals surface area contributed by atoms with Gasteiger partial charge in [0, 0.05) is 19.3 Å². The van der Waals surface area contributed by atoms with Crippen molar-refractivity contribution in [3.05, 3.63) is 48.6 Å². The van der Waals surface area contributed by atoms with E-state index in [-0.39, 0.29) is 36.2 Å². The molecule has 0 aromatic heterocycles. The van der Waals surface area contributed by atoms with Gasteiger partial charge in [-0.2, -0.15) is 0 Å². The third-order valence-corrected chi connectivity index (χ3v) is 11.2. The SMILES string of the molecule is CCCCCC/C=C\C/C=C\CCCCCCCC(=O)OCC(COCCC(C(=O)O)[N+](C)(C)C)OC(=O)CCCCCCCCCCC/C=C\C/C=C\CCCCCCC. The molecule has 0 heterocycles. The smallest absolute Gasteiger partial charge is 0.362 e. The molecule has 0 aliphatic carbocycles. The van der Waals surface area contributed by atoms with Crippen LogP contribution < -0.4 is 0 Å². The van der Waals surface area contributed by atoms with Crippen molar-refractivity contribution in [1.82, 2.24) is 0 Å². The van der Waals surface area contributed by atoms with E-state index in [1.807, 2.05) is 21.1 Å². The van der Waals surface area contributed by atoms with Gasteiger partial charge >= 0.3 is 17.9 Å². The number of likely N-dealkylation sites (N-methyl/N-ethyl adjacent to an activating group) is 1. The fraction of sp³-hybridized carbons (Fsp3) is 0.792. The van der Waals surface area contributed by atoms with E-state index in [1.165, 1.54) is 116 Å². The molecule has 61 heavy (non-hydrogen) atoms. The summed E-state index contributed by atoms with van der Waals surface area (Å²) in [4.78, 5) is 37.1. The highest BCUT2D eigenvalue weighted by Gasteiger charge is 2.31. The van der Waals surface area contributed by atoms with Crippen molar-refractivity contribution in [2.75, 3.05) is 41.0 Å². The van der Waals surface area contributed by atoms with Crippen molar-refractivity contribution in [1.29, 1.82) is 0 Å². The molecule has 354 valence electrons. The summed E-state index contributed by atoms with van der Waals surface area (Å²) in [5, 5.41) is 9.65. The van der Waals surface area contributed by atoms with Crippen molar-refractivity contribution < 1.29 is 38.2 Å². The van der Waals surface area contributed by atoms with Crippen LogP contribution in [0.1, 0.15) is 219 Å². The number of allylic oxidation sites excluding steroid dienone is 8. The van der Waals surface area contributed by atoms with Crippen LogP contribution in [0.15, 0.2) is 48.6 Å². The van der Waals surface area contributed by atoms with E-state index in [0.29, 0.717) is 19.3 Å². The van der Waals surface area contributed by atoms with Crippen LogP contribution >= 0.6 is 0 Å². The molecule has 0 aromatic rings. The molecule has 0 aliphatic heterocycles. The Bertz CT molecular complexity index is 1140. The zero-order valence-electron chi connectivity index (χ0n) is 40.4. The zero-order valence-corrected chi connectivity index (χ0v) is 40.4. The fourth-order valence-electron chi connectivity index (χ4n) is 7.27. The number of quaternary nitrogens is 1. The number of unbranched alkanes of at least 4 members (excludes halogenated alkanes) is 23. The summed E-state index contributed by atoms with van der Waals surface area (Å²) in [6, 6.07) is -0.619. The van der Waals surface area contributed by atoms with Crippen LogP contribution in [0.4, 0.5) is 0 Å². The average molecular weight is 859 g/mol. The molecule has 2 unspecified atom stereocenters. The minimum absolute atomic E-state index is 0.0548. The molecular weight excluding hydrogens is 763 g/mol. The van der Waals surface area contributed by atoms with Gasteiger partial charge in [0.2, 0.25) is 0 Å². The van der Waals surface area contributed by atoms with Gasteiger partial charge in [0.15, 0.2) is 12.1 Å². The maximum Gasteiger partial charge on any atom is 0.362 e. The molecular formula is C53H96NO7+. The lowest BCUT2D eigenvalue weighted by atomic mass is 10.1. The Morgan fingerprint density at radius 3 is 1.28 bits per heavy atom. The summed E-state index contributed by atoms with van der Waals surface area (Å²) in [5.74, 6) is -1.49. The third-order valence-electron chi connectivity index (χ3n) is 11.2. The molecule has 0 bridgehead atoms. The largest absolute Gasteiger partial charge is 0.477 e. The summed E-state index contributed by atoms with van der Waals surface area (Å²) >= 11 is 0. The first-order valence-corrected chi connectivity index (χ1v) is 25.2. The van der Waals surface area contributed by atoms with Gasteiger partial charge in [0.1, 0.15) is 6.61 Å². The van der Waals surface area contributed by atoms with Crippen molar-refractivity contribution >= 4 is 17.9 Å². The molecule has 8 nitrogen and oxygen atoms in total. The van der Waals surface area contributed by atoms with Crippen LogP contribution in [-0.2, 0) is 28.6 Å². The molecule has 0 aromatic carbocycles. The van der Waals surface area contributed by atoms with E-state index < -0.39 is 18.1 Å². The zero-order chi connectivity index (χ0) is 44.9. The predicted octanol–water partition coefficient (Wildman–Crippen LogP) is 14.4. The van der Waals surface area contributed by atoms with Gasteiger partial charge in [-0.1, -0.05) is 172 Å². The number of hydrogen-bond acceptors (Lipinski definition) is 6. The molecule has 2 atom stereocenters. The molecule has 0 radical (unpaired) electrons. The molecule has 0 saturated carbocycles. The topological polar surface area (TPSA) is 99.1 Å². The molecule has 0 fully saturated rings. The molecule has 0 amide bonds. The van der Waals surface area contributed by atoms with Gasteiger partial charge in [-0.25, -0.2) is 4.79 Å². The van der Waals surface area contributed by atoms with E-state index >= 15 is 0 Å². The Kier molecular flexibility index (Phi) is 42.0. The number of aliphatic carboxylic acids is 1. The van der Waals surface area contributed by atoms with Gasteiger partial charge in [0.05, 0.1) is 34.4 Å². The van der Waals surface area contributed by atoms with Crippen LogP contribution in [0.2, 0.25) is 0 Å². The molecule has 0 spiro atoms. The number of nitrogens with zero attached hydrogens (tertiary/aromatic N) is 1. The van der Waals surface area contributed by atoms with Crippen LogP contribution in [0.25, 0.3) is 0 Å². The first-order chi connectivity index (χ1) is 29.6. The number of carboxylic acids is 1. The first-order valence-electron chi connectivity index (χ1n) is 25.2. The first kappa shape index (κ1) is 58.3.